The van der Waals surface area contributed by atoms with Crippen molar-refractivity contribution in [2.75, 3.05) is 5.32 Å². The summed E-state index contributed by atoms with van der Waals surface area (Å²) < 4.78 is 0.909. The van der Waals surface area contributed by atoms with Gasteiger partial charge in [-0.25, -0.2) is 9.97 Å². The molecule has 0 fully saturated rings. The third-order valence-corrected chi connectivity index (χ3v) is 2.65. The molecule has 0 amide bonds. The molecular formula is C11H18BrN3. The minimum atomic E-state index is 0.442. The van der Waals surface area contributed by atoms with E-state index in [4.69, 9.17) is 0 Å². The van der Waals surface area contributed by atoms with Crippen LogP contribution >= 0.6 is 15.9 Å². The molecule has 1 N–H and O–H groups in total. The van der Waals surface area contributed by atoms with Gasteiger partial charge in [0.15, 0.2) is 0 Å². The van der Waals surface area contributed by atoms with E-state index in [1.807, 2.05) is 0 Å². The minimum absolute atomic E-state index is 0.442. The molecule has 3 nitrogen and oxygen atoms in total. The van der Waals surface area contributed by atoms with Crippen molar-refractivity contribution in [2.24, 2.45) is 0 Å². The van der Waals surface area contributed by atoms with Crippen molar-refractivity contribution in [3.8, 4) is 0 Å². The minimum Gasteiger partial charge on any atom is -0.352 e. The average molecular weight is 272 g/mol. The SMILES string of the molecule is CCCCCC(C)Nc1ncc(Br)cn1. The van der Waals surface area contributed by atoms with E-state index < -0.39 is 0 Å². The molecule has 1 heterocycles. The lowest BCUT2D eigenvalue weighted by Gasteiger charge is -2.12. The summed E-state index contributed by atoms with van der Waals surface area (Å²) in [7, 11) is 0. The Labute approximate surface area is 99.8 Å². The number of hydrogen-bond acceptors (Lipinski definition) is 3. The van der Waals surface area contributed by atoms with Gasteiger partial charge in [-0.3, -0.25) is 0 Å². The molecule has 0 spiro atoms. The maximum Gasteiger partial charge on any atom is 0.222 e. The van der Waals surface area contributed by atoms with Gasteiger partial charge in [0.1, 0.15) is 0 Å². The van der Waals surface area contributed by atoms with Gasteiger partial charge in [-0.15, -0.1) is 0 Å². The maximum absolute atomic E-state index is 4.18. The highest BCUT2D eigenvalue weighted by atomic mass is 79.9. The van der Waals surface area contributed by atoms with Crippen molar-refractivity contribution < 1.29 is 0 Å². The van der Waals surface area contributed by atoms with Gasteiger partial charge in [-0.2, -0.15) is 0 Å². The van der Waals surface area contributed by atoms with Crippen LogP contribution in [0.5, 0.6) is 0 Å². The van der Waals surface area contributed by atoms with Gasteiger partial charge in [0.05, 0.1) is 4.47 Å². The molecule has 84 valence electrons. The zero-order valence-corrected chi connectivity index (χ0v) is 10.9. The van der Waals surface area contributed by atoms with E-state index in [1.54, 1.807) is 12.4 Å². The Morgan fingerprint density at radius 1 is 1.33 bits per heavy atom. The molecule has 1 atom stereocenters. The van der Waals surface area contributed by atoms with Gasteiger partial charge in [-0.1, -0.05) is 26.2 Å². The van der Waals surface area contributed by atoms with Crippen LogP contribution in [0.15, 0.2) is 16.9 Å². The zero-order valence-electron chi connectivity index (χ0n) is 9.33. The van der Waals surface area contributed by atoms with Crippen molar-refractivity contribution in [2.45, 2.75) is 45.6 Å². The standard InChI is InChI=1S/C11H18BrN3/c1-3-4-5-6-9(2)15-11-13-7-10(12)8-14-11/h7-9H,3-6H2,1-2H3,(H,13,14,15). The maximum atomic E-state index is 4.18. The number of nitrogens with zero attached hydrogens (tertiary/aromatic N) is 2. The molecule has 0 saturated heterocycles. The lowest BCUT2D eigenvalue weighted by molar-refractivity contribution is 0.612. The average Bonchev–Trinajstić information content (AvgIpc) is 2.22. The molecular weight excluding hydrogens is 254 g/mol. The predicted octanol–water partition coefficient (Wildman–Crippen LogP) is 3.62. The Morgan fingerprint density at radius 3 is 2.60 bits per heavy atom. The van der Waals surface area contributed by atoms with E-state index in [0.29, 0.717) is 12.0 Å². The van der Waals surface area contributed by atoms with Gasteiger partial charge in [-0.05, 0) is 29.3 Å². The lowest BCUT2D eigenvalue weighted by atomic mass is 10.1. The molecule has 1 rings (SSSR count). The summed E-state index contributed by atoms with van der Waals surface area (Å²) in [6, 6.07) is 0.442. The third kappa shape index (κ3) is 5.11. The molecule has 0 saturated carbocycles. The quantitative estimate of drug-likeness (QED) is 0.804. The number of aromatic nitrogens is 2. The number of nitrogens with one attached hydrogen (secondary N) is 1. The Hall–Kier alpha value is -0.640. The predicted molar refractivity (Wildman–Crippen MR) is 67.0 cm³/mol. The molecule has 0 aliphatic carbocycles. The molecule has 1 unspecified atom stereocenters. The number of hydrogen-bond donors (Lipinski definition) is 1. The molecule has 4 heteroatoms. The van der Waals surface area contributed by atoms with Crippen LogP contribution in [0.2, 0.25) is 0 Å². The normalized spacial score (nSPS) is 12.5. The number of rotatable bonds is 6. The fraction of sp³-hybridized carbons (Fsp3) is 0.636. The van der Waals surface area contributed by atoms with Gasteiger partial charge >= 0.3 is 0 Å². The molecule has 0 aliphatic heterocycles. The molecule has 0 radical (unpaired) electrons. The van der Waals surface area contributed by atoms with Crippen LogP contribution < -0.4 is 5.32 Å². The fourth-order valence-corrected chi connectivity index (χ4v) is 1.58. The Kier molecular flexibility index (Phi) is 5.61. The van der Waals surface area contributed by atoms with Crippen molar-refractivity contribution in [3.05, 3.63) is 16.9 Å². The highest BCUT2D eigenvalue weighted by molar-refractivity contribution is 9.10. The first-order valence-electron chi connectivity index (χ1n) is 5.46. The Bertz CT molecular complexity index is 274. The number of anilines is 1. The molecule has 1 aromatic rings. The van der Waals surface area contributed by atoms with Gasteiger partial charge < -0.3 is 5.32 Å². The summed E-state index contributed by atoms with van der Waals surface area (Å²) in [5.74, 6) is 0.710. The smallest absolute Gasteiger partial charge is 0.222 e. The highest BCUT2D eigenvalue weighted by Gasteiger charge is 2.03. The second-order valence-corrected chi connectivity index (χ2v) is 4.68. The second kappa shape index (κ2) is 6.77. The van der Waals surface area contributed by atoms with Crippen molar-refractivity contribution >= 4 is 21.9 Å². The van der Waals surface area contributed by atoms with Crippen LogP contribution in [0.3, 0.4) is 0 Å². The number of unbranched alkanes of at least 4 members (excludes halogenated alkanes) is 2. The highest BCUT2D eigenvalue weighted by Crippen LogP contribution is 2.10. The largest absolute Gasteiger partial charge is 0.352 e. The van der Waals surface area contributed by atoms with E-state index in [-0.39, 0.29) is 0 Å². The Morgan fingerprint density at radius 2 is 2.00 bits per heavy atom. The second-order valence-electron chi connectivity index (χ2n) is 3.77. The van der Waals surface area contributed by atoms with E-state index >= 15 is 0 Å². The van der Waals surface area contributed by atoms with E-state index in [9.17, 15) is 0 Å². The van der Waals surface area contributed by atoms with Gasteiger partial charge in [0.25, 0.3) is 0 Å². The summed E-state index contributed by atoms with van der Waals surface area (Å²) in [5, 5.41) is 3.28. The van der Waals surface area contributed by atoms with Crippen molar-refractivity contribution in [1.82, 2.24) is 9.97 Å². The van der Waals surface area contributed by atoms with Gasteiger partial charge in [0, 0.05) is 18.4 Å². The third-order valence-electron chi connectivity index (χ3n) is 2.24. The fourth-order valence-electron chi connectivity index (χ4n) is 1.38. The summed E-state index contributed by atoms with van der Waals surface area (Å²) in [5.41, 5.74) is 0. The van der Waals surface area contributed by atoms with E-state index in [0.717, 1.165) is 4.47 Å². The Balaban J connectivity index is 2.31. The molecule has 15 heavy (non-hydrogen) atoms. The van der Waals surface area contributed by atoms with Gasteiger partial charge in [0.2, 0.25) is 5.95 Å². The number of halogens is 1. The monoisotopic (exact) mass is 271 g/mol. The molecule has 1 aromatic heterocycles. The lowest BCUT2D eigenvalue weighted by Crippen LogP contribution is -2.16. The summed E-state index contributed by atoms with van der Waals surface area (Å²) in [6.45, 7) is 4.39. The van der Waals surface area contributed by atoms with Crippen LogP contribution in [0, 0.1) is 0 Å². The van der Waals surface area contributed by atoms with Crippen molar-refractivity contribution in [3.63, 3.8) is 0 Å². The van der Waals surface area contributed by atoms with E-state index in [2.05, 4.69) is 45.1 Å². The molecule has 0 bridgehead atoms. The first kappa shape index (κ1) is 12.4. The van der Waals surface area contributed by atoms with E-state index in [1.165, 1.54) is 25.7 Å². The van der Waals surface area contributed by atoms with Crippen LogP contribution in [0.25, 0.3) is 0 Å². The first-order valence-corrected chi connectivity index (χ1v) is 6.25. The summed E-state index contributed by atoms with van der Waals surface area (Å²) in [6.07, 6.45) is 8.52. The zero-order chi connectivity index (χ0) is 11.1. The topological polar surface area (TPSA) is 37.8 Å². The molecule has 0 aromatic carbocycles. The first-order chi connectivity index (χ1) is 7.22. The van der Waals surface area contributed by atoms with Crippen LogP contribution in [-0.2, 0) is 0 Å². The summed E-state index contributed by atoms with van der Waals surface area (Å²) in [4.78, 5) is 8.35. The summed E-state index contributed by atoms with van der Waals surface area (Å²) >= 11 is 3.31. The van der Waals surface area contributed by atoms with Crippen molar-refractivity contribution in [1.29, 1.82) is 0 Å². The van der Waals surface area contributed by atoms with Crippen LogP contribution in [0.4, 0.5) is 5.95 Å². The van der Waals surface area contributed by atoms with Crippen LogP contribution in [-0.4, -0.2) is 16.0 Å². The molecule has 0 aliphatic rings. The van der Waals surface area contributed by atoms with Crippen LogP contribution in [0.1, 0.15) is 39.5 Å².